The molecule has 0 saturated heterocycles. The van der Waals surface area contributed by atoms with Gasteiger partial charge in [-0.05, 0) is 12.5 Å². The van der Waals surface area contributed by atoms with Gasteiger partial charge in [0, 0.05) is 12.5 Å². The predicted octanol–water partition coefficient (Wildman–Crippen LogP) is 2.35. The van der Waals surface area contributed by atoms with E-state index in [9.17, 15) is 4.79 Å². The summed E-state index contributed by atoms with van der Waals surface area (Å²) in [5.41, 5.74) is -0.394. The third kappa shape index (κ3) is 4.55. The molecule has 0 aromatic rings. The smallest absolute Gasteiger partial charge is 0.260 e. The first kappa shape index (κ1) is 12.0. The third-order valence-corrected chi connectivity index (χ3v) is 1.48. The predicted molar refractivity (Wildman–Crippen MR) is 52.7 cm³/mol. The number of hydrogen-bond acceptors (Lipinski definition) is 2. The summed E-state index contributed by atoms with van der Waals surface area (Å²) in [5.74, 6) is -0.0340. The summed E-state index contributed by atoms with van der Waals surface area (Å²) in [6.45, 7) is 7.58. The lowest BCUT2D eigenvalue weighted by molar-refractivity contribution is -0.170. The fraction of sp³-hybridized carbons (Fsp3) is 0.700. The van der Waals surface area contributed by atoms with Crippen molar-refractivity contribution in [2.75, 3.05) is 7.05 Å². The molecule has 0 aliphatic rings. The lowest BCUT2D eigenvalue weighted by Gasteiger charge is -2.23. The molecule has 3 heteroatoms. The Kier molecular flexibility index (Phi) is 4.52. The minimum absolute atomic E-state index is 0.0340. The maximum absolute atomic E-state index is 11.5. The number of allylic oxidation sites excluding steroid dienone is 1. The maximum atomic E-state index is 11.5. The van der Waals surface area contributed by atoms with E-state index in [0.29, 0.717) is 0 Å². The fourth-order valence-corrected chi connectivity index (χ4v) is 0.751. The molecule has 0 radical (unpaired) electrons. The van der Waals surface area contributed by atoms with Gasteiger partial charge in [0.15, 0.2) is 0 Å². The lowest BCUT2D eigenvalue weighted by Crippen LogP contribution is -2.35. The number of nitrogens with zero attached hydrogens (tertiary/aromatic N) is 1. The molecule has 0 saturated carbocycles. The Morgan fingerprint density at radius 3 is 2.38 bits per heavy atom. The second-order valence-electron chi connectivity index (χ2n) is 3.94. The van der Waals surface area contributed by atoms with Crippen LogP contribution >= 0.6 is 0 Å². The first-order valence-corrected chi connectivity index (χ1v) is 4.49. The molecule has 0 aliphatic heterocycles. The summed E-state index contributed by atoms with van der Waals surface area (Å²) in [6, 6.07) is 0. The highest BCUT2D eigenvalue weighted by atomic mass is 16.7. The number of rotatable bonds is 3. The van der Waals surface area contributed by atoms with Gasteiger partial charge in [-0.25, -0.2) is 0 Å². The summed E-state index contributed by atoms with van der Waals surface area (Å²) < 4.78 is 0. The average molecular weight is 185 g/mol. The van der Waals surface area contributed by atoms with E-state index >= 15 is 0 Å². The van der Waals surface area contributed by atoms with Gasteiger partial charge in [0.05, 0.1) is 0 Å². The maximum Gasteiger partial charge on any atom is 0.260 e. The van der Waals surface area contributed by atoms with E-state index in [-0.39, 0.29) is 5.91 Å². The second-order valence-corrected chi connectivity index (χ2v) is 3.94. The van der Waals surface area contributed by atoms with Crippen LogP contribution < -0.4 is 0 Å². The van der Waals surface area contributed by atoms with E-state index in [0.717, 1.165) is 6.42 Å². The Morgan fingerprint density at radius 1 is 1.46 bits per heavy atom. The minimum atomic E-state index is -0.394. The molecule has 0 rings (SSSR count). The van der Waals surface area contributed by atoms with E-state index in [4.69, 9.17) is 4.84 Å². The van der Waals surface area contributed by atoms with Crippen molar-refractivity contribution < 1.29 is 9.63 Å². The molecule has 3 nitrogen and oxygen atoms in total. The fourth-order valence-electron chi connectivity index (χ4n) is 0.751. The van der Waals surface area contributed by atoms with Crippen LogP contribution in [0.25, 0.3) is 0 Å². The average Bonchev–Trinajstić information content (AvgIpc) is 2.01. The second kappa shape index (κ2) is 4.90. The van der Waals surface area contributed by atoms with Gasteiger partial charge in [0.1, 0.15) is 6.26 Å². The molecule has 0 N–H and O–H groups in total. The van der Waals surface area contributed by atoms with E-state index < -0.39 is 5.41 Å². The van der Waals surface area contributed by atoms with Crippen LogP contribution in [0.4, 0.5) is 0 Å². The Labute approximate surface area is 80.3 Å². The van der Waals surface area contributed by atoms with Crippen molar-refractivity contribution in [3.63, 3.8) is 0 Å². The van der Waals surface area contributed by atoms with Gasteiger partial charge in [-0.3, -0.25) is 4.79 Å². The highest BCUT2D eigenvalue weighted by Crippen LogP contribution is 2.16. The highest BCUT2D eigenvalue weighted by Gasteiger charge is 2.25. The molecule has 0 aromatic heterocycles. The number of hydroxylamine groups is 2. The normalized spacial score (nSPS) is 11.8. The van der Waals surface area contributed by atoms with Gasteiger partial charge in [-0.15, -0.1) is 0 Å². The van der Waals surface area contributed by atoms with Crippen molar-refractivity contribution in [1.82, 2.24) is 5.06 Å². The quantitative estimate of drug-likeness (QED) is 0.499. The van der Waals surface area contributed by atoms with Crippen LogP contribution in [-0.4, -0.2) is 18.0 Å². The number of hydrogen-bond donors (Lipinski definition) is 0. The largest absolute Gasteiger partial charge is 0.385 e. The standard InChI is InChI=1S/C10H19NO2/c1-6-7-8-13-11(5)9(12)10(2,3)4/h7-8H,6H2,1-5H3. The summed E-state index contributed by atoms with van der Waals surface area (Å²) in [5, 5.41) is 1.26. The third-order valence-electron chi connectivity index (χ3n) is 1.48. The molecule has 0 heterocycles. The first-order chi connectivity index (χ1) is 5.89. The van der Waals surface area contributed by atoms with E-state index in [1.54, 1.807) is 7.05 Å². The molecule has 76 valence electrons. The molecular weight excluding hydrogens is 166 g/mol. The van der Waals surface area contributed by atoms with Crippen LogP contribution in [0, 0.1) is 5.41 Å². The van der Waals surface area contributed by atoms with E-state index in [1.165, 1.54) is 11.3 Å². The van der Waals surface area contributed by atoms with Crippen molar-refractivity contribution in [2.24, 2.45) is 5.41 Å². The van der Waals surface area contributed by atoms with Crippen molar-refractivity contribution in [1.29, 1.82) is 0 Å². The van der Waals surface area contributed by atoms with Gasteiger partial charge >= 0.3 is 0 Å². The topological polar surface area (TPSA) is 29.5 Å². The van der Waals surface area contributed by atoms with Gasteiger partial charge in [0.25, 0.3) is 5.91 Å². The Bertz CT molecular complexity index is 192. The van der Waals surface area contributed by atoms with Crippen LogP contribution in [0.15, 0.2) is 12.3 Å². The summed E-state index contributed by atoms with van der Waals surface area (Å²) >= 11 is 0. The van der Waals surface area contributed by atoms with Gasteiger partial charge < -0.3 is 4.84 Å². The minimum Gasteiger partial charge on any atom is -0.385 e. The lowest BCUT2D eigenvalue weighted by atomic mass is 9.96. The van der Waals surface area contributed by atoms with Gasteiger partial charge in [-0.2, -0.15) is 5.06 Å². The Balaban J connectivity index is 4.05. The molecule has 0 spiro atoms. The SMILES string of the molecule is CCC=CON(C)C(=O)C(C)(C)C. The zero-order valence-electron chi connectivity index (χ0n) is 9.13. The first-order valence-electron chi connectivity index (χ1n) is 4.49. The molecular formula is C10H19NO2. The molecule has 0 aromatic carbocycles. The van der Waals surface area contributed by atoms with Crippen molar-refractivity contribution in [3.8, 4) is 0 Å². The zero-order chi connectivity index (χ0) is 10.5. The van der Waals surface area contributed by atoms with E-state index in [1.807, 2.05) is 33.8 Å². The molecule has 0 atom stereocenters. The summed E-state index contributed by atoms with van der Waals surface area (Å²) in [4.78, 5) is 16.6. The molecule has 13 heavy (non-hydrogen) atoms. The number of carbonyl (C=O) groups excluding carboxylic acids is 1. The molecule has 0 fully saturated rings. The van der Waals surface area contributed by atoms with Crippen molar-refractivity contribution in [3.05, 3.63) is 12.3 Å². The zero-order valence-corrected chi connectivity index (χ0v) is 9.13. The number of amides is 1. The van der Waals surface area contributed by atoms with Gasteiger partial charge in [0.2, 0.25) is 0 Å². The Hall–Kier alpha value is -0.990. The van der Waals surface area contributed by atoms with Crippen LogP contribution in [-0.2, 0) is 9.63 Å². The van der Waals surface area contributed by atoms with Crippen LogP contribution in [0.2, 0.25) is 0 Å². The monoisotopic (exact) mass is 185 g/mol. The van der Waals surface area contributed by atoms with Crippen molar-refractivity contribution in [2.45, 2.75) is 34.1 Å². The highest BCUT2D eigenvalue weighted by molar-refractivity contribution is 5.80. The van der Waals surface area contributed by atoms with Gasteiger partial charge in [-0.1, -0.05) is 27.7 Å². The molecule has 0 bridgehead atoms. The van der Waals surface area contributed by atoms with Crippen LogP contribution in [0.1, 0.15) is 34.1 Å². The number of carbonyl (C=O) groups is 1. The summed E-state index contributed by atoms with van der Waals surface area (Å²) in [7, 11) is 1.62. The summed E-state index contributed by atoms with van der Waals surface area (Å²) in [6.07, 6.45) is 4.29. The molecule has 0 aliphatic carbocycles. The molecule has 1 amide bonds. The van der Waals surface area contributed by atoms with Crippen LogP contribution in [0.3, 0.4) is 0 Å². The van der Waals surface area contributed by atoms with Crippen LogP contribution in [0.5, 0.6) is 0 Å². The van der Waals surface area contributed by atoms with E-state index in [2.05, 4.69) is 0 Å². The molecule has 0 unspecified atom stereocenters. The Morgan fingerprint density at radius 2 is 2.00 bits per heavy atom. The van der Waals surface area contributed by atoms with Crippen molar-refractivity contribution >= 4 is 5.91 Å².